The Morgan fingerprint density at radius 2 is 1.09 bits per heavy atom. The number of thiophene rings is 2. The van der Waals surface area contributed by atoms with Crippen molar-refractivity contribution < 1.29 is 4.42 Å². The number of aryl methyl sites for hydroxylation is 3. The Labute approximate surface area is 390 Å². The molecule has 12 rings (SSSR count). The van der Waals surface area contributed by atoms with Gasteiger partial charge in [0, 0.05) is 47.3 Å². The van der Waals surface area contributed by atoms with E-state index in [4.69, 9.17) is 4.42 Å². The molecule has 2 aliphatic rings. The van der Waals surface area contributed by atoms with E-state index >= 15 is 0 Å². The van der Waals surface area contributed by atoms with E-state index in [1.165, 1.54) is 103 Å². The van der Waals surface area contributed by atoms with Gasteiger partial charge in [0.2, 0.25) is 0 Å². The lowest BCUT2D eigenvalue weighted by atomic mass is 9.35. The zero-order valence-corrected chi connectivity index (χ0v) is 40.2. The van der Waals surface area contributed by atoms with Crippen molar-refractivity contribution >= 4 is 111 Å². The Morgan fingerprint density at radius 3 is 1.71 bits per heavy atom. The zero-order valence-electron chi connectivity index (χ0n) is 38.6. The molecule has 3 nitrogen and oxygen atoms in total. The Morgan fingerprint density at radius 1 is 0.508 bits per heavy atom. The van der Waals surface area contributed by atoms with Gasteiger partial charge in [-0.05, 0) is 159 Å². The van der Waals surface area contributed by atoms with Crippen LogP contribution in [-0.4, -0.2) is 6.71 Å². The molecule has 0 atom stereocenters. The van der Waals surface area contributed by atoms with Crippen LogP contribution in [0.2, 0.25) is 0 Å². The minimum absolute atomic E-state index is 0.0154. The van der Waals surface area contributed by atoms with Crippen molar-refractivity contribution in [2.45, 2.75) is 73.1 Å². The normalized spacial score (nSPS) is 13.5. The molecule has 0 unspecified atom stereocenters. The van der Waals surface area contributed by atoms with Gasteiger partial charge in [0.1, 0.15) is 5.58 Å². The molecular formula is C59H51BN2OS2. The Hall–Kier alpha value is -6.34. The van der Waals surface area contributed by atoms with Gasteiger partial charge in [-0.1, -0.05) is 120 Å². The molecule has 0 amide bonds. The van der Waals surface area contributed by atoms with Crippen LogP contribution in [-0.2, 0) is 10.8 Å². The summed E-state index contributed by atoms with van der Waals surface area (Å²) in [4.78, 5) is 7.65. The van der Waals surface area contributed by atoms with Crippen molar-refractivity contribution in [3.8, 4) is 20.9 Å². The standard InChI is InChI=1S/C59H51BN2OS2/c1-34-26-47-54-48(27-34)62(55-35(2)28-42(29-36(55)3)59(7,8)9)56-44-33-41(58(4,5)6)21-25-49(44)63-57(56)60(54)45-30-40(53-32-39-15-11-13-17-51(39)65-53)20-24-46(45)61(47)43-22-18-37(19-23-43)52-31-38-14-10-12-16-50(38)64-52/h10-33H,1-9H3. The van der Waals surface area contributed by atoms with Crippen molar-refractivity contribution in [3.63, 3.8) is 0 Å². The van der Waals surface area contributed by atoms with Gasteiger partial charge in [-0.3, -0.25) is 0 Å². The highest BCUT2D eigenvalue weighted by Gasteiger charge is 2.47. The smallest absolute Gasteiger partial charge is 0.297 e. The van der Waals surface area contributed by atoms with Gasteiger partial charge in [0.05, 0.1) is 17.0 Å². The minimum Gasteiger partial charge on any atom is -0.468 e. The van der Waals surface area contributed by atoms with Gasteiger partial charge in [0.15, 0.2) is 0 Å². The monoisotopic (exact) mass is 878 g/mol. The molecule has 2 aliphatic heterocycles. The van der Waals surface area contributed by atoms with Gasteiger partial charge in [-0.25, -0.2) is 0 Å². The van der Waals surface area contributed by atoms with E-state index in [0.29, 0.717) is 0 Å². The predicted octanol–water partition coefficient (Wildman–Crippen LogP) is 15.8. The van der Waals surface area contributed by atoms with Crippen LogP contribution in [0.3, 0.4) is 0 Å². The minimum atomic E-state index is -0.148. The third-order valence-electron chi connectivity index (χ3n) is 13.8. The molecule has 0 saturated heterocycles. The fourth-order valence-electron chi connectivity index (χ4n) is 10.5. The van der Waals surface area contributed by atoms with Gasteiger partial charge in [-0.2, -0.15) is 0 Å². The van der Waals surface area contributed by atoms with Crippen LogP contribution >= 0.6 is 22.7 Å². The summed E-state index contributed by atoms with van der Waals surface area (Å²) in [6.07, 6.45) is 0. The molecule has 0 saturated carbocycles. The van der Waals surface area contributed by atoms with E-state index in [2.05, 4.69) is 218 Å². The van der Waals surface area contributed by atoms with E-state index in [1.807, 2.05) is 22.7 Å². The van der Waals surface area contributed by atoms with Crippen molar-refractivity contribution in [3.05, 3.63) is 173 Å². The number of hydrogen-bond acceptors (Lipinski definition) is 5. The van der Waals surface area contributed by atoms with Crippen LogP contribution in [0, 0.1) is 20.8 Å². The van der Waals surface area contributed by atoms with Crippen molar-refractivity contribution in [2.24, 2.45) is 0 Å². The van der Waals surface area contributed by atoms with Crippen molar-refractivity contribution in [1.82, 2.24) is 0 Å². The lowest BCUT2D eigenvalue weighted by Crippen LogP contribution is -2.61. The first-order valence-electron chi connectivity index (χ1n) is 22.8. The van der Waals surface area contributed by atoms with E-state index < -0.39 is 0 Å². The molecule has 0 fully saturated rings. The summed E-state index contributed by atoms with van der Waals surface area (Å²) in [5.74, 6) is 0. The van der Waals surface area contributed by atoms with Gasteiger partial charge in [-0.15, -0.1) is 22.7 Å². The SMILES string of the molecule is Cc1cc2c3c(c1)N(c1c(C)cc(C(C)(C)C)cc1C)c1c(oc4ccc(C(C)(C)C)cc14)B3c1cc(-c3cc4ccccc4s3)ccc1N2c1ccc(-c2cc3ccccc3s2)cc1. The maximum absolute atomic E-state index is 7.37. The fraction of sp³-hybridized carbons (Fsp3) is 0.186. The molecule has 65 heavy (non-hydrogen) atoms. The molecule has 6 heteroatoms. The van der Waals surface area contributed by atoms with Gasteiger partial charge < -0.3 is 14.2 Å². The maximum Gasteiger partial charge on any atom is 0.297 e. The third kappa shape index (κ3) is 6.36. The van der Waals surface area contributed by atoms with Crippen LogP contribution in [0.1, 0.15) is 69.4 Å². The molecule has 318 valence electrons. The zero-order chi connectivity index (χ0) is 44.7. The third-order valence-corrected chi connectivity index (χ3v) is 16.1. The summed E-state index contributed by atoms with van der Waals surface area (Å²) in [5.41, 5.74) is 20.3. The highest BCUT2D eigenvalue weighted by atomic mass is 32.1. The van der Waals surface area contributed by atoms with E-state index in [0.717, 1.165) is 28.0 Å². The quantitative estimate of drug-likeness (QED) is 0.164. The van der Waals surface area contributed by atoms with Gasteiger partial charge in [0.25, 0.3) is 6.71 Å². The lowest BCUT2D eigenvalue weighted by Gasteiger charge is -2.43. The van der Waals surface area contributed by atoms with E-state index in [9.17, 15) is 0 Å². The molecule has 0 N–H and O–H groups in total. The molecule has 0 bridgehead atoms. The van der Waals surface area contributed by atoms with Crippen LogP contribution in [0.15, 0.2) is 150 Å². The molecule has 7 aromatic carbocycles. The average molecular weight is 879 g/mol. The second kappa shape index (κ2) is 14.3. The number of furan rings is 1. The second-order valence-corrected chi connectivity index (χ2v) is 22.6. The summed E-state index contributed by atoms with van der Waals surface area (Å²) in [5, 5.41) is 3.72. The topological polar surface area (TPSA) is 19.6 Å². The first kappa shape index (κ1) is 40.2. The summed E-state index contributed by atoms with van der Waals surface area (Å²) in [6, 6.07) is 55.1. The highest BCUT2D eigenvalue weighted by Crippen LogP contribution is 2.50. The summed E-state index contributed by atoms with van der Waals surface area (Å²) >= 11 is 3.72. The van der Waals surface area contributed by atoms with Gasteiger partial charge >= 0.3 is 0 Å². The number of anilines is 6. The first-order valence-corrected chi connectivity index (χ1v) is 24.5. The van der Waals surface area contributed by atoms with E-state index in [1.54, 1.807) is 0 Å². The fourth-order valence-corrected chi connectivity index (χ4v) is 12.6. The van der Waals surface area contributed by atoms with Crippen LogP contribution in [0.4, 0.5) is 34.1 Å². The molecule has 0 aliphatic carbocycles. The van der Waals surface area contributed by atoms with E-state index in [-0.39, 0.29) is 17.5 Å². The molecule has 0 radical (unpaired) electrons. The average Bonchev–Trinajstić information content (AvgIpc) is 4.01. The number of benzene rings is 7. The molecule has 10 aromatic rings. The molecule has 5 heterocycles. The number of rotatable bonds is 4. The second-order valence-electron chi connectivity index (χ2n) is 20.4. The predicted molar refractivity (Wildman–Crippen MR) is 283 cm³/mol. The Balaban J connectivity index is 1.14. The van der Waals surface area contributed by atoms with Crippen molar-refractivity contribution in [2.75, 3.05) is 9.80 Å². The van der Waals surface area contributed by atoms with Crippen LogP contribution < -0.4 is 26.4 Å². The van der Waals surface area contributed by atoms with Crippen LogP contribution in [0.5, 0.6) is 0 Å². The highest BCUT2D eigenvalue weighted by molar-refractivity contribution is 7.22. The Kier molecular flexibility index (Phi) is 8.86. The number of hydrogen-bond donors (Lipinski definition) is 0. The maximum atomic E-state index is 7.37. The Bertz CT molecular complexity index is 3490. The molecular weight excluding hydrogens is 828 g/mol. The summed E-state index contributed by atoms with van der Waals surface area (Å²) in [7, 11) is 0. The lowest BCUT2D eigenvalue weighted by molar-refractivity contribution is 0.589. The summed E-state index contributed by atoms with van der Waals surface area (Å²) < 4.78 is 9.98. The largest absolute Gasteiger partial charge is 0.468 e. The number of fused-ring (bicyclic) bond motifs is 8. The van der Waals surface area contributed by atoms with Crippen LogP contribution in [0.25, 0.3) is 52.0 Å². The molecule has 0 spiro atoms. The van der Waals surface area contributed by atoms with Crippen molar-refractivity contribution in [1.29, 1.82) is 0 Å². The number of nitrogens with zero attached hydrogens (tertiary/aromatic N) is 2. The molecule has 3 aromatic heterocycles. The first-order chi connectivity index (χ1) is 31.2. The summed E-state index contributed by atoms with van der Waals surface area (Å²) in [6.45, 7) is 20.6.